The van der Waals surface area contributed by atoms with Gasteiger partial charge in [-0.2, -0.15) is 0 Å². The number of carboxylic acids is 1. The molecular formula is C21H19N2O4-. The first kappa shape index (κ1) is 18.4. The maximum atomic E-state index is 10.9. The van der Waals surface area contributed by atoms with Gasteiger partial charge in [0.05, 0.1) is 18.5 Å². The Balaban J connectivity index is 2.10. The number of rotatable bonds is 5. The van der Waals surface area contributed by atoms with Crippen molar-refractivity contribution in [1.29, 1.82) is 0 Å². The van der Waals surface area contributed by atoms with Crippen LogP contribution >= 0.6 is 0 Å². The molecule has 0 saturated heterocycles. The maximum Gasteiger partial charge on any atom is 0.257 e. The predicted molar refractivity (Wildman–Crippen MR) is 98.3 cm³/mol. The van der Waals surface area contributed by atoms with Crippen LogP contribution in [-0.2, 0) is 11.2 Å². The molecule has 0 N–H and O–H groups in total. The first-order valence-corrected chi connectivity index (χ1v) is 8.42. The molecule has 0 radical (unpaired) electrons. The largest absolute Gasteiger partial charge is 0.550 e. The average molecular weight is 363 g/mol. The van der Waals surface area contributed by atoms with Gasteiger partial charge in [0, 0.05) is 24.0 Å². The van der Waals surface area contributed by atoms with E-state index in [1.54, 1.807) is 18.2 Å². The number of carbonyl (C=O) groups excluding carboxylic acids is 1. The molecule has 0 spiro atoms. The minimum absolute atomic E-state index is 0.228. The molecule has 27 heavy (non-hydrogen) atoms. The number of ether oxygens (including phenoxy) is 1. The van der Waals surface area contributed by atoms with Crippen LogP contribution in [0.4, 0.5) is 5.69 Å². The Bertz CT molecular complexity index is 1040. The quantitative estimate of drug-likeness (QED) is 0.695. The highest BCUT2D eigenvalue weighted by atomic mass is 16.5. The van der Waals surface area contributed by atoms with Gasteiger partial charge in [-0.05, 0) is 37.1 Å². The van der Waals surface area contributed by atoms with Gasteiger partial charge >= 0.3 is 0 Å². The molecule has 0 aliphatic rings. The summed E-state index contributed by atoms with van der Waals surface area (Å²) >= 11 is 0. The van der Waals surface area contributed by atoms with Crippen LogP contribution in [0.1, 0.15) is 16.8 Å². The Morgan fingerprint density at radius 2 is 1.89 bits per heavy atom. The number of aliphatic carboxylic acids is 1. The lowest BCUT2D eigenvalue weighted by atomic mass is 10.1. The summed E-state index contributed by atoms with van der Waals surface area (Å²) in [7, 11) is 1.48. The van der Waals surface area contributed by atoms with E-state index in [9.17, 15) is 9.90 Å². The summed E-state index contributed by atoms with van der Waals surface area (Å²) < 4.78 is 10.8. The standard InChI is InChI=1S/C21H20N2O4/c1-13-4-6-15(7-5-13)18-10-14(2)23-27-21(18)22-17-9-8-16(11-20(24)25)19(12-17)26-3/h4-10,12H,11H2,1-3H3,(H,24,25)/p-1. The molecule has 1 aromatic heterocycles. The summed E-state index contributed by atoms with van der Waals surface area (Å²) in [5.74, 6) is -0.741. The van der Waals surface area contributed by atoms with E-state index in [0.717, 1.165) is 22.4 Å². The lowest BCUT2D eigenvalue weighted by Gasteiger charge is -2.09. The molecule has 0 bridgehead atoms. The molecule has 138 valence electrons. The van der Waals surface area contributed by atoms with Crippen molar-refractivity contribution in [2.45, 2.75) is 20.3 Å². The second-order valence-corrected chi connectivity index (χ2v) is 6.21. The minimum Gasteiger partial charge on any atom is -0.550 e. The summed E-state index contributed by atoms with van der Waals surface area (Å²) in [6, 6.07) is 15.0. The van der Waals surface area contributed by atoms with Gasteiger partial charge in [0.15, 0.2) is 0 Å². The molecule has 3 aromatic rings. The van der Waals surface area contributed by atoms with Gasteiger partial charge in [-0.3, -0.25) is 0 Å². The van der Waals surface area contributed by atoms with E-state index in [2.05, 4.69) is 10.1 Å². The summed E-state index contributed by atoms with van der Waals surface area (Å²) in [6.07, 6.45) is -0.228. The van der Waals surface area contributed by atoms with E-state index in [1.807, 2.05) is 44.2 Å². The van der Waals surface area contributed by atoms with Gasteiger partial charge in [-0.1, -0.05) is 41.1 Å². The average Bonchev–Trinajstić information content (AvgIpc) is 2.64. The zero-order valence-electron chi connectivity index (χ0n) is 15.4. The van der Waals surface area contributed by atoms with Gasteiger partial charge in [-0.25, -0.2) is 4.99 Å². The molecule has 3 rings (SSSR count). The summed E-state index contributed by atoms with van der Waals surface area (Å²) in [5, 5.41) is 14.8. The molecular weight excluding hydrogens is 344 g/mol. The second kappa shape index (κ2) is 7.86. The lowest BCUT2D eigenvalue weighted by molar-refractivity contribution is -0.304. The van der Waals surface area contributed by atoms with Crippen LogP contribution in [-0.4, -0.2) is 18.2 Å². The fourth-order valence-corrected chi connectivity index (χ4v) is 2.70. The molecule has 0 atom stereocenters. The predicted octanol–water partition coefficient (Wildman–Crippen LogP) is 2.49. The van der Waals surface area contributed by atoms with Gasteiger partial charge < -0.3 is 19.2 Å². The number of aromatic nitrogens is 1. The third-order valence-electron chi connectivity index (χ3n) is 4.06. The van der Waals surface area contributed by atoms with Crippen molar-refractivity contribution >= 4 is 11.7 Å². The van der Waals surface area contributed by atoms with Crippen molar-refractivity contribution in [3.63, 3.8) is 0 Å². The molecule has 1 heterocycles. The van der Waals surface area contributed by atoms with Crippen molar-refractivity contribution in [2.75, 3.05) is 7.11 Å². The fourth-order valence-electron chi connectivity index (χ4n) is 2.70. The highest BCUT2D eigenvalue weighted by Gasteiger charge is 2.08. The smallest absolute Gasteiger partial charge is 0.257 e. The Morgan fingerprint density at radius 3 is 2.56 bits per heavy atom. The number of methoxy groups -OCH3 is 1. The zero-order chi connectivity index (χ0) is 19.4. The molecule has 0 saturated carbocycles. The van der Waals surface area contributed by atoms with Gasteiger partial charge in [0.2, 0.25) is 0 Å². The number of hydrogen-bond acceptors (Lipinski definition) is 6. The Kier molecular flexibility index (Phi) is 5.35. The Morgan fingerprint density at radius 1 is 1.15 bits per heavy atom. The van der Waals surface area contributed by atoms with E-state index in [4.69, 9.17) is 9.26 Å². The Hall–Kier alpha value is -3.41. The molecule has 0 aliphatic carbocycles. The van der Waals surface area contributed by atoms with E-state index < -0.39 is 5.97 Å². The molecule has 0 unspecified atom stereocenters. The molecule has 0 amide bonds. The van der Waals surface area contributed by atoms with E-state index in [1.165, 1.54) is 7.11 Å². The number of carbonyl (C=O) groups is 1. The lowest BCUT2D eigenvalue weighted by Crippen LogP contribution is -2.24. The number of nitrogens with zero attached hydrogens (tertiary/aromatic N) is 2. The first-order valence-electron chi connectivity index (χ1n) is 8.42. The Labute approximate surface area is 156 Å². The van der Waals surface area contributed by atoms with E-state index >= 15 is 0 Å². The normalized spacial score (nSPS) is 11.4. The summed E-state index contributed by atoms with van der Waals surface area (Å²) in [6.45, 7) is 3.88. The molecule has 6 nitrogen and oxygen atoms in total. The second-order valence-electron chi connectivity index (χ2n) is 6.21. The van der Waals surface area contributed by atoms with Crippen molar-refractivity contribution < 1.29 is 19.2 Å². The molecule has 0 aliphatic heterocycles. The molecule has 6 heteroatoms. The highest BCUT2D eigenvalue weighted by Crippen LogP contribution is 2.25. The maximum absolute atomic E-state index is 10.9. The van der Waals surface area contributed by atoms with Crippen LogP contribution in [0.2, 0.25) is 0 Å². The number of hydrogen-bond donors (Lipinski definition) is 0. The van der Waals surface area contributed by atoms with Gasteiger partial charge in [-0.15, -0.1) is 0 Å². The third kappa shape index (κ3) is 4.41. The number of carboxylic acid groups (broad SMARTS) is 1. The number of aryl methyl sites for hydroxylation is 2. The van der Waals surface area contributed by atoms with Crippen LogP contribution < -0.4 is 15.4 Å². The minimum atomic E-state index is -1.17. The van der Waals surface area contributed by atoms with Crippen molar-refractivity contribution in [3.8, 4) is 16.9 Å². The molecule has 2 aromatic carbocycles. The van der Waals surface area contributed by atoms with Crippen molar-refractivity contribution in [3.05, 3.63) is 70.9 Å². The van der Waals surface area contributed by atoms with Crippen LogP contribution in [0.15, 0.2) is 58.0 Å². The van der Waals surface area contributed by atoms with E-state index in [0.29, 0.717) is 22.6 Å². The fraction of sp³-hybridized carbons (Fsp3) is 0.190. The van der Waals surface area contributed by atoms with Gasteiger partial charge in [0.25, 0.3) is 5.55 Å². The van der Waals surface area contributed by atoms with Gasteiger partial charge in [0.1, 0.15) is 5.75 Å². The van der Waals surface area contributed by atoms with Crippen LogP contribution in [0.25, 0.3) is 11.1 Å². The monoisotopic (exact) mass is 363 g/mol. The topological polar surface area (TPSA) is 87.8 Å². The highest BCUT2D eigenvalue weighted by molar-refractivity contribution is 5.70. The third-order valence-corrected chi connectivity index (χ3v) is 4.06. The van der Waals surface area contributed by atoms with Crippen LogP contribution in [0.5, 0.6) is 5.75 Å². The molecule has 0 fully saturated rings. The van der Waals surface area contributed by atoms with Crippen LogP contribution in [0.3, 0.4) is 0 Å². The number of benzene rings is 2. The van der Waals surface area contributed by atoms with Crippen molar-refractivity contribution in [1.82, 2.24) is 5.16 Å². The first-order chi connectivity index (χ1) is 13.0. The summed E-state index contributed by atoms with van der Waals surface area (Å²) in [4.78, 5) is 15.4. The zero-order valence-corrected chi connectivity index (χ0v) is 15.4. The summed E-state index contributed by atoms with van der Waals surface area (Å²) in [5.41, 5.74) is 5.14. The van der Waals surface area contributed by atoms with Crippen LogP contribution in [0, 0.1) is 13.8 Å². The SMILES string of the molecule is COc1cc(N=c2onc(C)cc2-c2ccc(C)cc2)ccc1CC(=O)[O-]. The van der Waals surface area contributed by atoms with Crippen molar-refractivity contribution in [2.24, 2.45) is 4.99 Å². The van der Waals surface area contributed by atoms with E-state index in [-0.39, 0.29) is 6.42 Å².